The molecule has 16 heavy (non-hydrogen) atoms. The lowest BCUT2D eigenvalue weighted by molar-refractivity contribution is -0.112. The summed E-state index contributed by atoms with van der Waals surface area (Å²) in [6, 6.07) is 9.35. The van der Waals surface area contributed by atoms with E-state index in [0.717, 1.165) is 5.69 Å². The van der Waals surface area contributed by atoms with E-state index < -0.39 is 0 Å². The summed E-state index contributed by atoms with van der Waals surface area (Å²) in [6.07, 6.45) is 4.11. The molecule has 4 heteroatoms. The molecule has 0 saturated carbocycles. The Morgan fingerprint density at radius 2 is 2.12 bits per heavy atom. The Hall–Kier alpha value is -1.55. The van der Waals surface area contributed by atoms with Gasteiger partial charge in [-0.25, -0.2) is 0 Å². The fraction of sp³-hybridized carbons (Fsp3) is 0.167. The van der Waals surface area contributed by atoms with Crippen LogP contribution in [0.3, 0.4) is 0 Å². The summed E-state index contributed by atoms with van der Waals surface area (Å²) in [5.74, 6) is -0.129. The highest BCUT2D eigenvalue weighted by Gasteiger charge is 2.12. The molecule has 0 aliphatic carbocycles. The van der Waals surface area contributed by atoms with Crippen LogP contribution in [0.15, 0.2) is 47.0 Å². The first-order valence-corrected chi connectivity index (χ1v) is 5.55. The lowest BCUT2D eigenvalue weighted by Crippen LogP contribution is -2.17. The molecule has 1 atom stereocenters. The maximum atomic E-state index is 11.8. The van der Waals surface area contributed by atoms with Crippen LogP contribution >= 0.6 is 12.6 Å². The smallest absolute Gasteiger partial charge is 0.256 e. The van der Waals surface area contributed by atoms with E-state index in [0.29, 0.717) is 12.0 Å². The van der Waals surface area contributed by atoms with Crippen molar-refractivity contribution in [3.8, 4) is 0 Å². The third-order valence-corrected chi connectivity index (χ3v) is 2.57. The number of nitrogens with zero attached hydrogens (tertiary/aromatic N) is 1. The van der Waals surface area contributed by atoms with Gasteiger partial charge in [-0.3, -0.25) is 9.79 Å². The molecule has 1 aromatic rings. The van der Waals surface area contributed by atoms with Crippen LogP contribution in [0.4, 0.5) is 5.69 Å². The Balaban J connectivity index is 2.02. The number of carbonyl (C=O) groups excluding carboxylic acids is 1. The molecule has 1 heterocycles. The van der Waals surface area contributed by atoms with Crippen LogP contribution in [0, 0.1) is 0 Å². The van der Waals surface area contributed by atoms with Crippen LogP contribution in [-0.2, 0) is 4.79 Å². The summed E-state index contributed by atoms with van der Waals surface area (Å²) >= 11 is 4.20. The zero-order chi connectivity index (χ0) is 11.4. The fourth-order valence-electron chi connectivity index (χ4n) is 1.39. The normalized spacial score (nSPS) is 19.1. The lowest BCUT2D eigenvalue weighted by Gasteiger charge is -2.10. The Morgan fingerprint density at radius 1 is 1.38 bits per heavy atom. The highest BCUT2D eigenvalue weighted by Crippen LogP contribution is 2.13. The number of aliphatic imine (C=N–C) groups is 1. The van der Waals surface area contributed by atoms with Crippen LogP contribution in [0.2, 0.25) is 0 Å². The SMILES string of the molecule is O=C(Nc1ccccc1)C1=CCC(S)N=C1. The predicted molar refractivity (Wildman–Crippen MR) is 69.0 cm³/mol. The zero-order valence-electron chi connectivity index (χ0n) is 8.63. The number of carbonyl (C=O) groups is 1. The van der Waals surface area contributed by atoms with Crippen LogP contribution in [-0.4, -0.2) is 17.5 Å². The van der Waals surface area contributed by atoms with Crippen molar-refractivity contribution in [2.75, 3.05) is 5.32 Å². The van der Waals surface area contributed by atoms with Crippen LogP contribution in [0.5, 0.6) is 0 Å². The minimum atomic E-state index is -0.129. The topological polar surface area (TPSA) is 41.5 Å². The number of hydrogen-bond donors (Lipinski definition) is 2. The molecule has 1 unspecified atom stereocenters. The van der Waals surface area contributed by atoms with Gasteiger partial charge in [-0.1, -0.05) is 24.3 Å². The molecule has 0 spiro atoms. The molecule has 0 aromatic heterocycles. The van der Waals surface area contributed by atoms with Gasteiger partial charge in [0.25, 0.3) is 5.91 Å². The van der Waals surface area contributed by atoms with Crippen molar-refractivity contribution in [3.63, 3.8) is 0 Å². The molecular weight excluding hydrogens is 220 g/mol. The zero-order valence-corrected chi connectivity index (χ0v) is 9.52. The van der Waals surface area contributed by atoms with Crippen LogP contribution in [0.25, 0.3) is 0 Å². The predicted octanol–water partition coefficient (Wildman–Crippen LogP) is 2.28. The van der Waals surface area contributed by atoms with Crippen molar-refractivity contribution in [1.29, 1.82) is 0 Å². The van der Waals surface area contributed by atoms with Gasteiger partial charge in [-0.15, -0.1) is 0 Å². The molecular formula is C12H12N2OS. The van der Waals surface area contributed by atoms with E-state index in [2.05, 4.69) is 22.9 Å². The highest BCUT2D eigenvalue weighted by molar-refractivity contribution is 7.80. The summed E-state index contributed by atoms with van der Waals surface area (Å²) in [6.45, 7) is 0. The molecule has 2 rings (SSSR count). The standard InChI is InChI=1S/C12H12N2OS/c15-12(9-6-7-11(16)13-8-9)14-10-4-2-1-3-5-10/h1-6,8,11,16H,7H2,(H,14,15). The number of rotatable bonds is 2. The van der Waals surface area contributed by atoms with Crippen molar-refractivity contribution in [2.24, 2.45) is 4.99 Å². The molecule has 3 nitrogen and oxygen atoms in total. The van der Waals surface area contributed by atoms with E-state index in [1.807, 2.05) is 36.4 Å². The fourth-order valence-corrected chi connectivity index (χ4v) is 1.56. The Kier molecular flexibility index (Phi) is 3.41. The number of hydrogen-bond acceptors (Lipinski definition) is 3. The Morgan fingerprint density at radius 3 is 2.75 bits per heavy atom. The quantitative estimate of drug-likeness (QED) is 0.755. The summed E-state index contributed by atoms with van der Waals surface area (Å²) in [4.78, 5) is 15.9. The molecule has 0 saturated heterocycles. The first-order valence-electron chi connectivity index (χ1n) is 5.03. The van der Waals surface area contributed by atoms with Crippen molar-refractivity contribution in [2.45, 2.75) is 11.8 Å². The van der Waals surface area contributed by atoms with E-state index in [-0.39, 0.29) is 11.3 Å². The summed E-state index contributed by atoms with van der Waals surface area (Å²) in [7, 11) is 0. The van der Waals surface area contributed by atoms with Gasteiger partial charge in [-0.2, -0.15) is 12.6 Å². The average molecular weight is 232 g/mol. The molecule has 1 amide bonds. The van der Waals surface area contributed by atoms with Crippen molar-refractivity contribution >= 4 is 30.4 Å². The molecule has 1 N–H and O–H groups in total. The average Bonchev–Trinajstić information content (AvgIpc) is 2.31. The number of anilines is 1. The minimum absolute atomic E-state index is 0.0201. The van der Waals surface area contributed by atoms with Gasteiger partial charge in [0, 0.05) is 11.9 Å². The van der Waals surface area contributed by atoms with Gasteiger partial charge in [0.2, 0.25) is 0 Å². The summed E-state index contributed by atoms with van der Waals surface area (Å²) < 4.78 is 0. The van der Waals surface area contributed by atoms with E-state index in [1.165, 1.54) is 0 Å². The van der Waals surface area contributed by atoms with E-state index >= 15 is 0 Å². The number of nitrogens with one attached hydrogen (secondary N) is 1. The second-order valence-electron chi connectivity index (χ2n) is 3.47. The van der Waals surface area contributed by atoms with E-state index in [9.17, 15) is 4.79 Å². The molecule has 1 aromatic carbocycles. The molecule has 1 aliphatic rings. The maximum absolute atomic E-state index is 11.8. The number of thiol groups is 1. The van der Waals surface area contributed by atoms with E-state index in [1.54, 1.807) is 6.21 Å². The molecule has 0 bridgehead atoms. The van der Waals surface area contributed by atoms with Crippen molar-refractivity contribution in [1.82, 2.24) is 0 Å². The molecule has 1 aliphatic heterocycles. The van der Waals surface area contributed by atoms with Gasteiger partial charge < -0.3 is 5.32 Å². The number of dihydropyridines is 1. The van der Waals surface area contributed by atoms with Gasteiger partial charge in [0.05, 0.1) is 10.9 Å². The van der Waals surface area contributed by atoms with Crippen LogP contribution < -0.4 is 5.32 Å². The van der Waals surface area contributed by atoms with Gasteiger partial charge in [0.1, 0.15) is 0 Å². The number of amides is 1. The maximum Gasteiger partial charge on any atom is 0.256 e. The van der Waals surface area contributed by atoms with Crippen molar-refractivity contribution < 1.29 is 4.79 Å². The summed E-state index contributed by atoms with van der Waals surface area (Å²) in [5, 5.41) is 2.78. The second kappa shape index (κ2) is 4.99. The third kappa shape index (κ3) is 2.73. The summed E-state index contributed by atoms with van der Waals surface area (Å²) in [5.41, 5.74) is 1.38. The van der Waals surface area contributed by atoms with Gasteiger partial charge in [-0.05, 0) is 18.6 Å². The third-order valence-electron chi connectivity index (χ3n) is 2.23. The Labute approximate surface area is 99.7 Å². The minimum Gasteiger partial charge on any atom is -0.322 e. The molecule has 0 radical (unpaired) electrons. The van der Waals surface area contributed by atoms with Crippen LogP contribution in [0.1, 0.15) is 6.42 Å². The second-order valence-corrected chi connectivity index (χ2v) is 4.07. The van der Waals surface area contributed by atoms with E-state index in [4.69, 9.17) is 0 Å². The number of para-hydroxylation sites is 1. The van der Waals surface area contributed by atoms with Crippen molar-refractivity contribution in [3.05, 3.63) is 42.0 Å². The molecule has 82 valence electrons. The first-order chi connectivity index (χ1) is 7.75. The highest BCUT2D eigenvalue weighted by atomic mass is 32.1. The largest absolute Gasteiger partial charge is 0.322 e. The molecule has 0 fully saturated rings. The Bertz CT molecular complexity index is 440. The lowest BCUT2D eigenvalue weighted by atomic mass is 10.1. The first kappa shape index (κ1) is 11.0. The monoisotopic (exact) mass is 232 g/mol. The van der Waals surface area contributed by atoms with Gasteiger partial charge >= 0.3 is 0 Å². The van der Waals surface area contributed by atoms with Gasteiger partial charge in [0.15, 0.2) is 0 Å². The number of benzene rings is 1.